The van der Waals surface area contributed by atoms with Gasteiger partial charge in [0.05, 0.1) is 31.9 Å². The lowest BCUT2D eigenvalue weighted by Gasteiger charge is -2.13. The van der Waals surface area contributed by atoms with Crippen LogP contribution in [-0.2, 0) is 29.8 Å². The van der Waals surface area contributed by atoms with E-state index < -0.39 is 5.63 Å². The molecule has 0 spiro atoms. The van der Waals surface area contributed by atoms with Crippen LogP contribution in [0.2, 0.25) is 0 Å². The molecule has 0 atom stereocenters. The van der Waals surface area contributed by atoms with Crippen LogP contribution in [0.3, 0.4) is 0 Å². The molecule has 1 N–H and O–H groups in total. The van der Waals surface area contributed by atoms with E-state index in [4.69, 9.17) is 13.9 Å². The molecule has 0 fully saturated rings. The SMILES string of the molecule is COc1ccc2c(C)c(CC(=O)Nc3c4c(nn3C)CSC4)c(=O)oc2c1OC. The van der Waals surface area contributed by atoms with Gasteiger partial charge in [-0.1, -0.05) is 0 Å². The van der Waals surface area contributed by atoms with Crippen LogP contribution in [0.25, 0.3) is 11.0 Å². The van der Waals surface area contributed by atoms with E-state index in [1.165, 1.54) is 14.2 Å². The topological polar surface area (TPSA) is 95.6 Å². The van der Waals surface area contributed by atoms with E-state index in [1.54, 1.807) is 42.5 Å². The average molecular weight is 415 g/mol. The number of carbonyl (C=O) groups is 1. The molecule has 1 aromatic carbocycles. The Hall–Kier alpha value is -2.94. The minimum Gasteiger partial charge on any atom is -0.493 e. The van der Waals surface area contributed by atoms with Crippen LogP contribution in [0.1, 0.15) is 22.4 Å². The number of benzene rings is 1. The second kappa shape index (κ2) is 7.47. The largest absolute Gasteiger partial charge is 0.493 e. The number of amides is 1. The summed E-state index contributed by atoms with van der Waals surface area (Å²) in [4.78, 5) is 25.4. The Bertz CT molecular complexity index is 1180. The third-order valence-corrected chi connectivity index (χ3v) is 6.08. The van der Waals surface area contributed by atoms with Crippen LogP contribution < -0.4 is 20.4 Å². The Labute approximate surface area is 171 Å². The number of carbonyl (C=O) groups excluding carboxylic acids is 1. The molecule has 2 aromatic heterocycles. The van der Waals surface area contributed by atoms with Crippen LogP contribution in [-0.4, -0.2) is 29.9 Å². The van der Waals surface area contributed by atoms with Gasteiger partial charge in [-0.15, -0.1) is 0 Å². The summed E-state index contributed by atoms with van der Waals surface area (Å²) in [7, 11) is 4.80. The van der Waals surface area contributed by atoms with Crippen molar-refractivity contribution in [2.75, 3.05) is 19.5 Å². The van der Waals surface area contributed by atoms with E-state index >= 15 is 0 Å². The standard InChI is InChI=1S/C20H21N3O5S/c1-10-11-5-6-15(26-3)18(27-4)17(11)28-20(25)12(10)7-16(24)21-19-13-8-29-9-14(13)22-23(19)2/h5-6H,7-9H2,1-4H3,(H,21,24). The summed E-state index contributed by atoms with van der Waals surface area (Å²) < 4.78 is 17.8. The van der Waals surface area contributed by atoms with Crippen molar-refractivity contribution in [1.29, 1.82) is 0 Å². The average Bonchev–Trinajstić information content (AvgIpc) is 3.26. The molecule has 1 aliphatic rings. The second-order valence-corrected chi connectivity index (χ2v) is 7.77. The monoisotopic (exact) mass is 415 g/mol. The van der Waals surface area contributed by atoms with Gasteiger partial charge in [-0.2, -0.15) is 16.9 Å². The Morgan fingerprint density at radius 1 is 1.31 bits per heavy atom. The third-order valence-electron chi connectivity index (χ3n) is 5.11. The molecule has 1 aliphatic heterocycles. The van der Waals surface area contributed by atoms with Crippen molar-refractivity contribution in [3.05, 3.63) is 44.9 Å². The molecule has 0 saturated carbocycles. The number of fused-ring (bicyclic) bond motifs is 2. The van der Waals surface area contributed by atoms with E-state index in [0.29, 0.717) is 39.4 Å². The van der Waals surface area contributed by atoms with Gasteiger partial charge in [0.15, 0.2) is 11.3 Å². The number of aryl methyl sites for hydroxylation is 2. The molecule has 8 nitrogen and oxygen atoms in total. The molecule has 29 heavy (non-hydrogen) atoms. The predicted molar refractivity (Wildman–Crippen MR) is 111 cm³/mol. The Kier molecular flexibility index (Phi) is 4.99. The van der Waals surface area contributed by atoms with E-state index in [9.17, 15) is 9.59 Å². The summed E-state index contributed by atoms with van der Waals surface area (Å²) >= 11 is 1.76. The third kappa shape index (κ3) is 3.25. The molecule has 0 bridgehead atoms. The number of nitrogens with zero attached hydrogens (tertiary/aromatic N) is 2. The van der Waals surface area contributed by atoms with Crippen LogP contribution in [0, 0.1) is 6.92 Å². The lowest BCUT2D eigenvalue weighted by Crippen LogP contribution is -2.22. The highest BCUT2D eigenvalue weighted by molar-refractivity contribution is 7.98. The first kappa shape index (κ1) is 19.4. The summed E-state index contributed by atoms with van der Waals surface area (Å²) in [6.45, 7) is 1.80. The number of thioether (sulfide) groups is 1. The van der Waals surface area contributed by atoms with E-state index in [0.717, 1.165) is 22.8 Å². The van der Waals surface area contributed by atoms with Gasteiger partial charge in [-0.05, 0) is 24.6 Å². The van der Waals surface area contributed by atoms with Gasteiger partial charge in [-0.25, -0.2) is 4.79 Å². The lowest BCUT2D eigenvalue weighted by molar-refractivity contribution is -0.115. The van der Waals surface area contributed by atoms with Crippen molar-refractivity contribution in [1.82, 2.24) is 9.78 Å². The maximum absolute atomic E-state index is 12.7. The second-order valence-electron chi connectivity index (χ2n) is 6.79. The first-order valence-corrected chi connectivity index (χ1v) is 10.2. The number of anilines is 1. The summed E-state index contributed by atoms with van der Waals surface area (Å²) in [5.74, 6) is 2.88. The Balaban J connectivity index is 1.68. The predicted octanol–water partition coefficient (Wildman–Crippen LogP) is 2.78. The fourth-order valence-corrected chi connectivity index (χ4v) is 4.64. The number of hydrogen-bond donors (Lipinski definition) is 1. The normalized spacial score (nSPS) is 12.8. The van der Waals surface area contributed by atoms with E-state index in [-0.39, 0.29) is 12.3 Å². The van der Waals surface area contributed by atoms with Gasteiger partial charge in [-0.3, -0.25) is 9.48 Å². The molecular weight excluding hydrogens is 394 g/mol. The number of nitrogens with one attached hydrogen (secondary N) is 1. The van der Waals surface area contributed by atoms with Crippen LogP contribution in [0.5, 0.6) is 11.5 Å². The molecule has 9 heteroatoms. The molecule has 3 heterocycles. The van der Waals surface area contributed by atoms with Crippen molar-refractivity contribution in [3.8, 4) is 11.5 Å². The van der Waals surface area contributed by atoms with Gasteiger partial charge in [0.2, 0.25) is 11.7 Å². The maximum Gasteiger partial charge on any atom is 0.340 e. The van der Waals surface area contributed by atoms with Crippen LogP contribution >= 0.6 is 11.8 Å². The van der Waals surface area contributed by atoms with Gasteiger partial charge < -0.3 is 19.2 Å². The smallest absolute Gasteiger partial charge is 0.340 e. The zero-order chi connectivity index (χ0) is 20.7. The molecule has 0 aliphatic carbocycles. The summed E-state index contributed by atoms with van der Waals surface area (Å²) in [5.41, 5.74) is 2.77. The van der Waals surface area contributed by atoms with Crippen molar-refractivity contribution in [2.45, 2.75) is 24.9 Å². The van der Waals surface area contributed by atoms with E-state index in [1.807, 2.05) is 0 Å². The van der Waals surface area contributed by atoms with Gasteiger partial charge in [0, 0.05) is 29.5 Å². The number of ether oxygens (including phenoxy) is 2. The highest BCUT2D eigenvalue weighted by Crippen LogP contribution is 2.37. The highest BCUT2D eigenvalue weighted by atomic mass is 32.2. The first-order chi connectivity index (χ1) is 13.9. The lowest BCUT2D eigenvalue weighted by atomic mass is 10.0. The molecule has 0 radical (unpaired) electrons. The Morgan fingerprint density at radius 2 is 2.10 bits per heavy atom. The minimum atomic E-state index is -0.567. The van der Waals surface area contributed by atoms with Crippen molar-refractivity contribution in [3.63, 3.8) is 0 Å². The molecule has 1 amide bonds. The number of aromatic nitrogens is 2. The van der Waals surface area contributed by atoms with Crippen LogP contribution in [0.15, 0.2) is 21.3 Å². The minimum absolute atomic E-state index is 0.0917. The van der Waals surface area contributed by atoms with Crippen molar-refractivity contribution >= 4 is 34.5 Å². The van der Waals surface area contributed by atoms with Gasteiger partial charge in [0.1, 0.15) is 5.82 Å². The number of hydrogen-bond acceptors (Lipinski definition) is 7. The highest BCUT2D eigenvalue weighted by Gasteiger charge is 2.24. The fraction of sp³-hybridized carbons (Fsp3) is 0.350. The number of methoxy groups -OCH3 is 2. The van der Waals surface area contributed by atoms with Crippen molar-refractivity contribution < 1.29 is 18.7 Å². The molecule has 152 valence electrons. The first-order valence-electron chi connectivity index (χ1n) is 9.04. The van der Waals surface area contributed by atoms with Crippen molar-refractivity contribution in [2.24, 2.45) is 7.05 Å². The zero-order valence-electron chi connectivity index (χ0n) is 16.6. The summed E-state index contributed by atoms with van der Waals surface area (Å²) in [6.07, 6.45) is -0.0917. The van der Waals surface area contributed by atoms with Gasteiger partial charge >= 0.3 is 5.63 Å². The quantitative estimate of drug-likeness (QED) is 0.640. The maximum atomic E-state index is 12.7. The molecular formula is C20H21N3O5S. The molecule has 4 rings (SSSR count). The molecule has 3 aromatic rings. The van der Waals surface area contributed by atoms with Gasteiger partial charge in [0.25, 0.3) is 0 Å². The molecule has 0 unspecified atom stereocenters. The fourth-order valence-electron chi connectivity index (χ4n) is 3.60. The van der Waals surface area contributed by atoms with Crippen LogP contribution in [0.4, 0.5) is 5.82 Å². The Morgan fingerprint density at radius 3 is 2.83 bits per heavy atom. The summed E-state index contributed by atoms with van der Waals surface area (Å²) in [5, 5.41) is 8.04. The molecule has 0 saturated heterocycles. The summed E-state index contributed by atoms with van der Waals surface area (Å²) in [6, 6.07) is 3.54. The van der Waals surface area contributed by atoms with E-state index in [2.05, 4.69) is 10.4 Å². The number of rotatable bonds is 5. The zero-order valence-corrected chi connectivity index (χ0v) is 17.4.